The monoisotopic (exact) mass is 483 g/mol. The van der Waals surface area contributed by atoms with E-state index in [9.17, 15) is 9.18 Å². The van der Waals surface area contributed by atoms with Crippen molar-refractivity contribution in [1.29, 1.82) is 0 Å². The van der Waals surface area contributed by atoms with E-state index in [2.05, 4.69) is 5.16 Å². The first-order chi connectivity index (χ1) is 16.9. The molecule has 0 spiro atoms. The number of aliphatic carboxylic acids is 1. The first-order valence-corrected chi connectivity index (χ1v) is 11.9. The molecule has 0 bridgehead atoms. The van der Waals surface area contributed by atoms with Gasteiger partial charge in [0.2, 0.25) is 5.76 Å². The van der Waals surface area contributed by atoms with Crippen LogP contribution in [0.5, 0.6) is 17.2 Å². The Morgan fingerprint density at radius 2 is 1.97 bits per heavy atom. The Labute approximate surface area is 203 Å². The van der Waals surface area contributed by atoms with Crippen LogP contribution in [-0.4, -0.2) is 29.4 Å². The highest BCUT2D eigenvalue weighted by molar-refractivity contribution is 5.68. The maximum atomic E-state index is 14.7. The van der Waals surface area contributed by atoms with Crippen molar-refractivity contribution in [2.45, 2.75) is 64.1 Å². The fourth-order valence-electron chi connectivity index (χ4n) is 4.30. The maximum absolute atomic E-state index is 14.7. The Morgan fingerprint density at radius 1 is 1.17 bits per heavy atom. The van der Waals surface area contributed by atoms with Crippen LogP contribution < -0.4 is 14.2 Å². The number of halogens is 1. The Hall–Kier alpha value is -3.55. The fraction of sp³-hybridized carbons (Fsp3) is 0.407. The molecule has 186 valence electrons. The van der Waals surface area contributed by atoms with E-state index in [0.717, 1.165) is 31.2 Å². The third kappa shape index (κ3) is 6.12. The van der Waals surface area contributed by atoms with Gasteiger partial charge in [-0.3, -0.25) is 4.79 Å². The highest BCUT2D eigenvalue weighted by atomic mass is 19.1. The molecule has 7 nitrogen and oxygen atoms in total. The van der Waals surface area contributed by atoms with Gasteiger partial charge in [-0.25, -0.2) is 4.39 Å². The molecule has 0 amide bonds. The Kier molecular flexibility index (Phi) is 7.90. The molecule has 35 heavy (non-hydrogen) atoms. The van der Waals surface area contributed by atoms with Gasteiger partial charge >= 0.3 is 5.97 Å². The number of nitrogens with zero attached hydrogens (tertiary/aromatic N) is 1. The minimum Gasteiger partial charge on any atom is -0.497 e. The molecule has 1 aromatic heterocycles. The summed E-state index contributed by atoms with van der Waals surface area (Å²) in [5.41, 5.74) is 1.50. The van der Waals surface area contributed by atoms with Gasteiger partial charge in [-0.15, -0.1) is 0 Å². The zero-order valence-corrected chi connectivity index (χ0v) is 20.0. The lowest BCUT2D eigenvalue weighted by atomic mass is 9.97. The van der Waals surface area contributed by atoms with Crippen LogP contribution in [0.4, 0.5) is 4.39 Å². The third-order valence-corrected chi connectivity index (χ3v) is 6.25. The van der Waals surface area contributed by atoms with E-state index in [1.807, 2.05) is 25.1 Å². The van der Waals surface area contributed by atoms with E-state index < -0.39 is 11.8 Å². The lowest BCUT2D eigenvalue weighted by molar-refractivity contribution is -0.137. The largest absolute Gasteiger partial charge is 0.497 e. The van der Waals surface area contributed by atoms with Crippen LogP contribution >= 0.6 is 0 Å². The number of hydrogen-bond donors (Lipinski definition) is 1. The summed E-state index contributed by atoms with van der Waals surface area (Å²) in [7, 11) is 1.52. The molecule has 0 radical (unpaired) electrons. The number of hydrogen-bond acceptors (Lipinski definition) is 6. The number of carbonyl (C=O) groups is 1. The SMILES string of the molecule is COc1ccc(F)c(-c2onc(COc3cccc([C@H](C)CC(=O)O)c3)c2OC2CCCCC2)c1. The second-order valence-corrected chi connectivity index (χ2v) is 8.87. The molecule has 0 unspecified atom stereocenters. The lowest BCUT2D eigenvalue weighted by Gasteiger charge is -2.23. The number of ether oxygens (including phenoxy) is 3. The molecule has 1 aliphatic rings. The zero-order chi connectivity index (χ0) is 24.8. The molecule has 0 saturated heterocycles. The van der Waals surface area contributed by atoms with Crippen LogP contribution in [0.1, 0.15) is 62.6 Å². The average molecular weight is 484 g/mol. The van der Waals surface area contributed by atoms with Gasteiger partial charge < -0.3 is 23.8 Å². The highest BCUT2D eigenvalue weighted by Crippen LogP contribution is 2.39. The van der Waals surface area contributed by atoms with E-state index >= 15 is 0 Å². The smallest absolute Gasteiger partial charge is 0.303 e. The van der Waals surface area contributed by atoms with Crippen molar-refractivity contribution in [2.75, 3.05) is 7.11 Å². The number of carboxylic acid groups (broad SMARTS) is 1. The first-order valence-electron chi connectivity index (χ1n) is 11.9. The Morgan fingerprint density at radius 3 is 2.71 bits per heavy atom. The number of carboxylic acids is 1. The summed E-state index contributed by atoms with van der Waals surface area (Å²) in [6.07, 6.45) is 5.17. The van der Waals surface area contributed by atoms with Crippen molar-refractivity contribution < 1.29 is 33.0 Å². The van der Waals surface area contributed by atoms with Crippen molar-refractivity contribution in [3.63, 3.8) is 0 Å². The van der Waals surface area contributed by atoms with Crippen LogP contribution in [0.3, 0.4) is 0 Å². The standard InChI is InChI=1S/C27H30FNO6/c1-17(13-25(30)31)18-7-6-10-21(14-18)33-16-24-27(34-19-8-4-3-5-9-19)26(35-29-24)22-15-20(32-2)11-12-23(22)28/h6-7,10-12,14-15,17,19H,3-5,8-9,13,16H2,1-2H3,(H,30,31)/t17-/m1/s1. The van der Waals surface area contributed by atoms with Crippen molar-refractivity contribution >= 4 is 5.97 Å². The molecule has 1 aliphatic carbocycles. The molecule has 1 fully saturated rings. The molecule has 1 saturated carbocycles. The molecule has 2 aromatic carbocycles. The number of methoxy groups -OCH3 is 1. The van der Waals surface area contributed by atoms with E-state index in [-0.39, 0.29) is 36.4 Å². The van der Waals surface area contributed by atoms with Gasteiger partial charge in [0.25, 0.3) is 0 Å². The van der Waals surface area contributed by atoms with Gasteiger partial charge in [-0.05, 0) is 67.5 Å². The Balaban J connectivity index is 1.60. The number of aromatic nitrogens is 1. The summed E-state index contributed by atoms with van der Waals surface area (Å²) in [6, 6.07) is 11.7. The van der Waals surface area contributed by atoms with Gasteiger partial charge in [0.05, 0.1) is 25.2 Å². The normalized spacial score (nSPS) is 14.9. The van der Waals surface area contributed by atoms with Gasteiger partial charge in [0, 0.05) is 0 Å². The Bertz CT molecular complexity index is 1150. The van der Waals surface area contributed by atoms with E-state index in [1.54, 1.807) is 18.2 Å². The number of benzene rings is 2. The minimum absolute atomic E-state index is 0.00508. The molecule has 1 heterocycles. The minimum atomic E-state index is -0.853. The molecule has 0 aliphatic heterocycles. The van der Waals surface area contributed by atoms with Crippen LogP contribution in [0.2, 0.25) is 0 Å². The van der Waals surface area contributed by atoms with Crippen molar-refractivity contribution in [3.05, 3.63) is 59.5 Å². The van der Waals surface area contributed by atoms with E-state index in [1.165, 1.54) is 19.6 Å². The second-order valence-electron chi connectivity index (χ2n) is 8.87. The third-order valence-electron chi connectivity index (χ3n) is 6.25. The summed E-state index contributed by atoms with van der Waals surface area (Å²) in [6.45, 7) is 1.91. The van der Waals surface area contributed by atoms with Gasteiger partial charge in [-0.1, -0.05) is 30.6 Å². The average Bonchev–Trinajstić information content (AvgIpc) is 3.25. The predicted octanol–water partition coefficient (Wildman–Crippen LogP) is 6.36. The molecule has 1 N–H and O–H groups in total. The van der Waals surface area contributed by atoms with Gasteiger partial charge in [-0.2, -0.15) is 0 Å². The summed E-state index contributed by atoms with van der Waals surface area (Å²) >= 11 is 0. The van der Waals surface area contributed by atoms with Crippen molar-refractivity contribution in [2.24, 2.45) is 0 Å². The summed E-state index contributed by atoms with van der Waals surface area (Å²) < 4.78 is 37.9. The maximum Gasteiger partial charge on any atom is 0.303 e. The molecule has 3 aromatic rings. The zero-order valence-electron chi connectivity index (χ0n) is 20.0. The van der Waals surface area contributed by atoms with Crippen molar-refractivity contribution in [3.8, 4) is 28.6 Å². The molecular formula is C27H30FNO6. The predicted molar refractivity (Wildman–Crippen MR) is 127 cm³/mol. The quantitative estimate of drug-likeness (QED) is 0.359. The molecule has 4 rings (SSSR count). The van der Waals surface area contributed by atoms with Crippen molar-refractivity contribution in [1.82, 2.24) is 5.16 Å². The summed E-state index contributed by atoms with van der Waals surface area (Å²) in [5.74, 6) is 0.160. The summed E-state index contributed by atoms with van der Waals surface area (Å²) in [4.78, 5) is 11.1. The topological polar surface area (TPSA) is 91.0 Å². The fourth-order valence-corrected chi connectivity index (χ4v) is 4.30. The molecule has 1 atom stereocenters. The highest BCUT2D eigenvalue weighted by Gasteiger charge is 2.26. The molecule has 8 heteroatoms. The van der Waals surface area contributed by atoms with Crippen LogP contribution in [0.15, 0.2) is 47.0 Å². The van der Waals surface area contributed by atoms with Gasteiger partial charge in [0.15, 0.2) is 11.4 Å². The molecular weight excluding hydrogens is 453 g/mol. The lowest BCUT2D eigenvalue weighted by Crippen LogP contribution is -2.20. The van der Waals surface area contributed by atoms with E-state index in [4.69, 9.17) is 23.8 Å². The number of rotatable bonds is 10. The van der Waals surface area contributed by atoms with Crippen LogP contribution in [0, 0.1) is 5.82 Å². The first kappa shape index (κ1) is 24.6. The van der Waals surface area contributed by atoms with E-state index in [0.29, 0.717) is 22.9 Å². The second kappa shape index (κ2) is 11.3. The summed E-state index contributed by atoms with van der Waals surface area (Å²) in [5, 5.41) is 13.2. The van der Waals surface area contributed by atoms with Crippen LogP contribution in [-0.2, 0) is 11.4 Å². The van der Waals surface area contributed by atoms with Gasteiger partial charge in [0.1, 0.15) is 23.9 Å². The van der Waals surface area contributed by atoms with Crippen LogP contribution in [0.25, 0.3) is 11.3 Å².